The molecule has 0 aliphatic heterocycles. The largest absolute Gasteiger partial charge is 0.494 e. The van der Waals surface area contributed by atoms with Crippen molar-refractivity contribution in [2.75, 3.05) is 11.9 Å². The van der Waals surface area contributed by atoms with Gasteiger partial charge in [0.2, 0.25) is 0 Å². The van der Waals surface area contributed by atoms with Crippen molar-refractivity contribution in [3.63, 3.8) is 0 Å². The molecule has 0 saturated heterocycles. The number of rotatable bonds is 5. The zero-order chi connectivity index (χ0) is 13.7. The summed E-state index contributed by atoms with van der Waals surface area (Å²) in [6.45, 7) is 3.40. The van der Waals surface area contributed by atoms with Gasteiger partial charge in [-0.15, -0.1) is 0 Å². The van der Waals surface area contributed by atoms with E-state index in [9.17, 15) is 0 Å². The summed E-state index contributed by atoms with van der Waals surface area (Å²) in [6, 6.07) is 13.9. The standard InChI is InChI=1S/C15H15BrClNO/c1-2-19-13-5-3-4-11(8-13)10-18-12-6-7-14(16)15(17)9-12/h3-9,18H,2,10H2,1H3. The van der Waals surface area contributed by atoms with Crippen molar-refractivity contribution < 1.29 is 4.74 Å². The van der Waals surface area contributed by atoms with Crippen LogP contribution in [0.2, 0.25) is 5.02 Å². The Balaban J connectivity index is 2.01. The predicted octanol–water partition coefficient (Wildman–Crippen LogP) is 5.11. The van der Waals surface area contributed by atoms with Gasteiger partial charge in [-0.2, -0.15) is 0 Å². The quantitative estimate of drug-likeness (QED) is 0.816. The Morgan fingerprint density at radius 3 is 2.79 bits per heavy atom. The second-order valence-corrected chi connectivity index (χ2v) is 5.32. The van der Waals surface area contributed by atoms with E-state index in [1.165, 1.54) is 5.56 Å². The molecule has 2 rings (SSSR count). The summed E-state index contributed by atoms with van der Waals surface area (Å²) in [4.78, 5) is 0. The van der Waals surface area contributed by atoms with Crippen molar-refractivity contribution in [2.24, 2.45) is 0 Å². The molecular formula is C15H15BrClNO. The summed E-state index contributed by atoms with van der Waals surface area (Å²) in [5, 5.41) is 4.04. The molecule has 2 aromatic rings. The SMILES string of the molecule is CCOc1cccc(CNc2ccc(Br)c(Cl)c2)c1. The Bertz CT molecular complexity index is 560. The van der Waals surface area contributed by atoms with Gasteiger partial charge in [0.25, 0.3) is 0 Å². The van der Waals surface area contributed by atoms with Gasteiger partial charge < -0.3 is 10.1 Å². The van der Waals surface area contributed by atoms with E-state index >= 15 is 0 Å². The molecule has 0 unspecified atom stereocenters. The molecule has 0 aliphatic carbocycles. The van der Waals surface area contributed by atoms with Gasteiger partial charge in [-0.1, -0.05) is 23.7 Å². The van der Waals surface area contributed by atoms with Crippen LogP contribution in [0.25, 0.3) is 0 Å². The molecule has 0 heterocycles. The predicted molar refractivity (Wildman–Crippen MR) is 84.1 cm³/mol. The zero-order valence-corrected chi connectivity index (χ0v) is 13.0. The first-order valence-corrected chi connectivity index (χ1v) is 7.27. The Morgan fingerprint density at radius 1 is 1.21 bits per heavy atom. The topological polar surface area (TPSA) is 21.3 Å². The second-order valence-electron chi connectivity index (χ2n) is 4.06. The molecule has 0 spiro atoms. The maximum atomic E-state index is 6.06. The molecule has 0 aromatic heterocycles. The van der Waals surface area contributed by atoms with E-state index in [0.717, 1.165) is 22.5 Å². The maximum absolute atomic E-state index is 6.06. The highest BCUT2D eigenvalue weighted by molar-refractivity contribution is 9.10. The number of anilines is 1. The number of ether oxygens (including phenoxy) is 1. The van der Waals surface area contributed by atoms with Gasteiger partial charge in [-0.05, 0) is 58.7 Å². The number of halogens is 2. The summed E-state index contributed by atoms with van der Waals surface area (Å²) >= 11 is 9.43. The van der Waals surface area contributed by atoms with Gasteiger partial charge in [-0.3, -0.25) is 0 Å². The monoisotopic (exact) mass is 339 g/mol. The fourth-order valence-corrected chi connectivity index (χ4v) is 2.15. The Morgan fingerprint density at radius 2 is 2.05 bits per heavy atom. The summed E-state index contributed by atoms with van der Waals surface area (Å²) < 4.78 is 6.38. The van der Waals surface area contributed by atoms with Crippen molar-refractivity contribution in [3.05, 3.63) is 57.5 Å². The summed E-state index contributed by atoms with van der Waals surface area (Å²) in [5.74, 6) is 0.899. The minimum absolute atomic E-state index is 0.680. The molecule has 0 aliphatic rings. The zero-order valence-electron chi connectivity index (χ0n) is 10.6. The molecule has 4 heteroatoms. The highest BCUT2D eigenvalue weighted by atomic mass is 79.9. The van der Waals surface area contributed by atoms with E-state index in [4.69, 9.17) is 16.3 Å². The van der Waals surface area contributed by atoms with Crippen LogP contribution in [0, 0.1) is 0 Å². The molecule has 0 amide bonds. The molecule has 19 heavy (non-hydrogen) atoms. The molecule has 2 aromatic carbocycles. The Hall–Kier alpha value is -1.19. The lowest BCUT2D eigenvalue weighted by atomic mass is 10.2. The summed E-state index contributed by atoms with van der Waals surface area (Å²) in [7, 11) is 0. The van der Waals surface area contributed by atoms with Gasteiger partial charge >= 0.3 is 0 Å². The first kappa shape index (κ1) is 14.2. The van der Waals surface area contributed by atoms with E-state index in [1.54, 1.807) is 0 Å². The van der Waals surface area contributed by atoms with Crippen LogP contribution >= 0.6 is 27.5 Å². The average molecular weight is 341 g/mol. The van der Waals surface area contributed by atoms with Crippen LogP contribution in [-0.2, 0) is 6.54 Å². The first-order chi connectivity index (χ1) is 9.19. The second kappa shape index (κ2) is 6.83. The van der Waals surface area contributed by atoms with Crippen LogP contribution in [0.3, 0.4) is 0 Å². The van der Waals surface area contributed by atoms with Gasteiger partial charge in [0, 0.05) is 16.7 Å². The summed E-state index contributed by atoms with van der Waals surface area (Å²) in [6.07, 6.45) is 0. The van der Waals surface area contributed by atoms with Crippen molar-refractivity contribution in [3.8, 4) is 5.75 Å². The minimum atomic E-state index is 0.680. The van der Waals surface area contributed by atoms with Crippen molar-refractivity contribution >= 4 is 33.2 Å². The van der Waals surface area contributed by atoms with Crippen LogP contribution in [-0.4, -0.2) is 6.61 Å². The molecule has 0 bridgehead atoms. The van der Waals surface area contributed by atoms with Gasteiger partial charge in [0.05, 0.1) is 11.6 Å². The van der Waals surface area contributed by atoms with Crippen molar-refractivity contribution in [1.82, 2.24) is 0 Å². The molecule has 0 atom stereocenters. The van der Waals surface area contributed by atoms with Crippen LogP contribution in [0.1, 0.15) is 12.5 Å². The molecule has 0 radical (unpaired) electrons. The number of hydrogen-bond acceptors (Lipinski definition) is 2. The Kier molecular flexibility index (Phi) is 5.11. The van der Waals surface area contributed by atoms with E-state index in [-0.39, 0.29) is 0 Å². The third kappa shape index (κ3) is 4.15. The van der Waals surface area contributed by atoms with E-state index in [1.807, 2.05) is 43.3 Å². The fraction of sp³-hybridized carbons (Fsp3) is 0.200. The third-order valence-electron chi connectivity index (χ3n) is 2.63. The summed E-state index contributed by atoms with van der Waals surface area (Å²) in [5.41, 5.74) is 2.17. The normalized spacial score (nSPS) is 10.3. The third-order valence-corrected chi connectivity index (χ3v) is 3.86. The molecule has 0 fully saturated rings. The minimum Gasteiger partial charge on any atom is -0.494 e. The highest BCUT2D eigenvalue weighted by Crippen LogP contribution is 2.26. The lowest BCUT2D eigenvalue weighted by Gasteiger charge is -2.09. The molecular weight excluding hydrogens is 326 g/mol. The fourth-order valence-electron chi connectivity index (χ4n) is 1.72. The smallest absolute Gasteiger partial charge is 0.119 e. The number of nitrogens with one attached hydrogen (secondary N) is 1. The van der Waals surface area contributed by atoms with Crippen LogP contribution < -0.4 is 10.1 Å². The van der Waals surface area contributed by atoms with E-state index in [2.05, 4.69) is 27.3 Å². The number of hydrogen-bond donors (Lipinski definition) is 1. The molecule has 2 nitrogen and oxygen atoms in total. The lowest BCUT2D eigenvalue weighted by Crippen LogP contribution is -2.00. The first-order valence-electron chi connectivity index (χ1n) is 6.09. The van der Waals surface area contributed by atoms with Gasteiger partial charge in [0.15, 0.2) is 0 Å². The van der Waals surface area contributed by atoms with Crippen LogP contribution in [0.15, 0.2) is 46.9 Å². The molecule has 0 saturated carbocycles. The molecule has 100 valence electrons. The van der Waals surface area contributed by atoms with E-state index in [0.29, 0.717) is 11.6 Å². The molecule has 1 N–H and O–H groups in total. The van der Waals surface area contributed by atoms with E-state index < -0.39 is 0 Å². The average Bonchev–Trinajstić information content (AvgIpc) is 2.41. The van der Waals surface area contributed by atoms with Gasteiger partial charge in [0.1, 0.15) is 5.75 Å². The van der Waals surface area contributed by atoms with Gasteiger partial charge in [-0.25, -0.2) is 0 Å². The Labute approximate surface area is 126 Å². The maximum Gasteiger partial charge on any atom is 0.119 e. The van der Waals surface area contributed by atoms with Crippen LogP contribution in [0.4, 0.5) is 5.69 Å². The lowest BCUT2D eigenvalue weighted by molar-refractivity contribution is 0.340. The van der Waals surface area contributed by atoms with Crippen LogP contribution in [0.5, 0.6) is 5.75 Å². The number of benzene rings is 2. The van der Waals surface area contributed by atoms with Crippen molar-refractivity contribution in [1.29, 1.82) is 0 Å². The highest BCUT2D eigenvalue weighted by Gasteiger charge is 2.00. The van der Waals surface area contributed by atoms with Crippen molar-refractivity contribution in [2.45, 2.75) is 13.5 Å².